The molecule has 0 aliphatic rings. The predicted molar refractivity (Wildman–Crippen MR) is 76.8 cm³/mol. The molecule has 0 amide bonds. The van der Waals surface area contributed by atoms with E-state index in [0.29, 0.717) is 22.0 Å². The fourth-order valence-electron chi connectivity index (χ4n) is 1.83. The third kappa shape index (κ3) is 4.04. The molecule has 0 aliphatic carbocycles. The molecule has 0 spiro atoms. The van der Waals surface area contributed by atoms with Gasteiger partial charge in [-0.25, -0.2) is 0 Å². The van der Waals surface area contributed by atoms with Crippen molar-refractivity contribution in [3.05, 3.63) is 58.6 Å². The van der Waals surface area contributed by atoms with Gasteiger partial charge in [-0.1, -0.05) is 23.7 Å². The molecule has 112 valence electrons. The van der Waals surface area contributed by atoms with E-state index in [4.69, 9.17) is 16.3 Å². The van der Waals surface area contributed by atoms with Crippen LogP contribution in [-0.4, -0.2) is 7.11 Å². The van der Waals surface area contributed by atoms with Crippen LogP contribution in [0.15, 0.2) is 42.5 Å². The molecule has 0 saturated heterocycles. The first kappa shape index (κ1) is 15.5. The van der Waals surface area contributed by atoms with E-state index in [0.717, 1.165) is 12.1 Å². The van der Waals surface area contributed by atoms with Crippen LogP contribution >= 0.6 is 11.6 Å². The molecule has 0 atom stereocenters. The number of nitrogens with one attached hydrogen (secondary N) is 1. The second kappa shape index (κ2) is 6.26. The van der Waals surface area contributed by atoms with Crippen molar-refractivity contribution in [2.45, 2.75) is 12.7 Å². The lowest BCUT2D eigenvalue weighted by molar-refractivity contribution is -0.137. The minimum Gasteiger partial charge on any atom is -0.495 e. The lowest BCUT2D eigenvalue weighted by atomic mass is 10.1. The van der Waals surface area contributed by atoms with Gasteiger partial charge in [0.15, 0.2) is 0 Å². The van der Waals surface area contributed by atoms with Gasteiger partial charge in [0.2, 0.25) is 0 Å². The Labute approximate surface area is 125 Å². The SMILES string of the molecule is COc1cc(NCc2cccc(C(F)(F)F)c2)ccc1Cl. The smallest absolute Gasteiger partial charge is 0.416 e. The predicted octanol–water partition coefficient (Wildman–Crippen LogP) is 4.98. The summed E-state index contributed by atoms with van der Waals surface area (Å²) in [5.41, 5.74) is 0.600. The minimum atomic E-state index is -4.33. The molecule has 0 fully saturated rings. The van der Waals surface area contributed by atoms with Crippen molar-refractivity contribution in [3.8, 4) is 5.75 Å². The second-order valence-corrected chi connectivity index (χ2v) is 4.81. The summed E-state index contributed by atoms with van der Waals surface area (Å²) in [5, 5.41) is 3.51. The van der Waals surface area contributed by atoms with Crippen molar-refractivity contribution in [1.29, 1.82) is 0 Å². The fourth-order valence-corrected chi connectivity index (χ4v) is 2.03. The molecule has 2 aromatic rings. The average Bonchev–Trinajstić information content (AvgIpc) is 2.46. The summed E-state index contributed by atoms with van der Waals surface area (Å²) in [6, 6.07) is 10.3. The topological polar surface area (TPSA) is 21.3 Å². The van der Waals surface area contributed by atoms with Crippen LogP contribution < -0.4 is 10.1 Å². The molecule has 1 N–H and O–H groups in total. The number of ether oxygens (including phenoxy) is 1. The Morgan fingerprint density at radius 1 is 1.14 bits per heavy atom. The first-order chi connectivity index (χ1) is 9.90. The Morgan fingerprint density at radius 2 is 1.90 bits per heavy atom. The first-order valence-electron chi connectivity index (χ1n) is 6.13. The van der Waals surface area contributed by atoms with Crippen molar-refractivity contribution < 1.29 is 17.9 Å². The number of hydrogen-bond donors (Lipinski definition) is 1. The summed E-state index contributed by atoms with van der Waals surface area (Å²) in [4.78, 5) is 0. The Hall–Kier alpha value is -1.88. The highest BCUT2D eigenvalue weighted by Crippen LogP contribution is 2.30. The van der Waals surface area contributed by atoms with Crippen LogP contribution in [0.2, 0.25) is 5.02 Å². The zero-order chi connectivity index (χ0) is 15.5. The molecule has 0 bridgehead atoms. The van der Waals surface area contributed by atoms with Crippen LogP contribution in [0.5, 0.6) is 5.75 Å². The molecular formula is C15H13ClF3NO. The third-order valence-corrected chi connectivity index (χ3v) is 3.21. The summed E-state index contributed by atoms with van der Waals surface area (Å²) >= 11 is 5.91. The van der Waals surface area contributed by atoms with Crippen LogP contribution in [0.3, 0.4) is 0 Å². The van der Waals surface area contributed by atoms with Crippen molar-refractivity contribution in [2.75, 3.05) is 12.4 Å². The first-order valence-corrected chi connectivity index (χ1v) is 6.51. The molecule has 0 unspecified atom stereocenters. The van der Waals surface area contributed by atoms with E-state index < -0.39 is 11.7 Å². The second-order valence-electron chi connectivity index (χ2n) is 4.40. The van der Waals surface area contributed by atoms with Crippen LogP contribution in [0.4, 0.5) is 18.9 Å². The van der Waals surface area contributed by atoms with E-state index in [1.54, 1.807) is 24.3 Å². The largest absolute Gasteiger partial charge is 0.495 e. The molecule has 2 nitrogen and oxygen atoms in total. The Balaban J connectivity index is 2.10. The molecule has 2 aromatic carbocycles. The minimum absolute atomic E-state index is 0.273. The maximum Gasteiger partial charge on any atom is 0.416 e. The van der Waals surface area contributed by atoms with Gasteiger partial charge in [0, 0.05) is 18.3 Å². The Kier molecular flexibility index (Phi) is 4.63. The Morgan fingerprint density at radius 3 is 2.57 bits per heavy atom. The van der Waals surface area contributed by atoms with Crippen molar-refractivity contribution in [2.24, 2.45) is 0 Å². The zero-order valence-electron chi connectivity index (χ0n) is 11.2. The zero-order valence-corrected chi connectivity index (χ0v) is 11.9. The van der Waals surface area contributed by atoms with E-state index in [1.165, 1.54) is 13.2 Å². The molecule has 0 aromatic heterocycles. The quantitative estimate of drug-likeness (QED) is 0.859. The molecule has 0 aliphatic heterocycles. The molecule has 0 heterocycles. The van der Waals surface area contributed by atoms with E-state index in [-0.39, 0.29) is 6.54 Å². The lowest BCUT2D eigenvalue weighted by Crippen LogP contribution is -2.06. The van der Waals surface area contributed by atoms with Crippen LogP contribution in [0.1, 0.15) is 11.1 Å². The van der Waals surface area contributed by atoms with Crippen LogP contribution in [0, 0.1) is 0 Å². The van der Waals surface area contributed by atoms with Crippen molar-refractivity contribution in [3.63, 3.8) is 0 Å². The van der Waals surface area contributed by atoms with Gasteiger partial charge in [-0.2, -0.15) is 13.2 Å². The molecule has 2 rings (SSSR count). The van der Waals surface area contributed by atoms with E-state index >= 15 is 0 Å². The van der Waals surface area contributed by atoms with Gasteiger partial charge < -0.3 is 10.1 Å². The highest BCUT2D eigenvalue weighted by Gasteiger charge is 2.30. The number of halogens is 4. The van der Waals surface area contributed by atoms with Gasteiger partial charge in [-0.3, -0.25) is 0 Å². The highest BCUT2D eigenvalue weighted by molar-refractivity contribution is 6.32. The van der Waals surface area contributed by atoms with Gasteiger partial charge in [0.25, 0.3) is 0 Å². The maximum absolute atomic E-state index is 12.6. The molecule has 0 radical (unpaired) electrons. The summed E-state index contributed by atoms with van der Waals surface area (Å²) in [6.45, 7) is 0.273. The van der Waals surface area contributed by atoms with E-state index in [2.05, 4.69) is 5.32 Å². The summed E-state index contributed by atoms with van der Waals surface area (Å²) in [7, 11) is 1.50. The number of alkyl halides is 3. The van der Waals surface area contributed by atoms with E-state index in [9.17, 15) is 13.2 Å². The van der Waals surface area contributed by atoms with Gasteiger partial charge in [-0.15, -0.1) is 0 Å². The fraction of sp³-hybridized carbons (Fsp3) is 0.200. The molecule has 0 saturated carbocycles. The van der Waals surface area contributed by atoms with Gasteiger partial charge in [-0.05, 0) is 29.8 Å². The number of rotatable bonds is 4. The van der Waals surface area contributed by atoms with Crippen LogP contribution in [-0.2, 0) is 12.7 Å². The number of hydrogen-bond acceptors (Lipinski definition) is 2. The van der Waals surface area contributed by atoms with Gasteiger partial charge in [0.05, 0.1) is 17.7 Å². The number of benzene rings is 2. The number of anilines is 1. The van der Waals surface area contributed by atoms with Crippen molar-refractivity contribution >= 4 is 17.3 Å². The standard InChI is InChI=1S/C15H13ClF3NO/c1-21-14-8-12(5-6-13(14)16)20-9-10-3-2-4-11(7-10)15(17,18)19/h2-8,20H,9H2,1H3. The Bertz CT molecular complexity index is 629. The number of methoxy groups -OCH3 is 1. The van der Waals surface area contributed by atoms with Crippen LogP contribution in [0.25, 0.3) is 0 Å². The highest BCUT2D eigenvalue weighted by atomic mass is 35.5. The lowest BCUT2D eigenvalue weighted by Gasteiger charge is -2.11. The summed E-state index contributed by atoms with van der Waals surface area (Å²) < 4.78 is 42.9. The normalized spacial score (nSPS) is 11.3. The summed E-state index contributed by atoms with van der Waals surface area (Å²) in [5.74, 6) is 0.505. The molecule has 6 heteroatoms. The van der Waals surface area contributed by atoms with E-state index in [1.807, 2.05) is 0 Å². The average molecular weight is 316 g/mol. The molecular weight excluding hydrogens is 303 g/mol. The third-order valence-electron chi connectivity index (χ3n) is 2.90. The van der Waals surface area contributed by atoms with Gasteiger partial charge in [0.1, 0.15) is 5.75 Å². The maximum atomic E-state index is 12.6. The van der Waals surface area contributed by atoms with Crippen molar-refractivity contribution in [1.82, 2.24) is 0 Å². The van der Waals surface area contributed by atoms with Gasteiger partial charge >= 0.3 is 6.18 Å². The summed E-state index contributed by atoms with van der Waals surface area (Å²) in [6.07, 6.45) is -4.33. The monoisotopic (exact) mass is 315 g/mol. The molecule has 21 heavy (non-hydrogen) atoms.